The molecule has 4 rings (SSSR count). The molecular weight excluding hydrogens is 407 g/mol. The number of hydrogen-bond donors (Lipinski definition) is 1. The summed E-state index contributed by atoms with van der Waals surface area (Å²) < 4.78 is 21.1. The van der Waals surface area contributed by atoms with Gasteiger partial charge in [0.15, 0.2) is 5.13 Å². The summed E-state index contributed by atoms with van der Waals surface area (Å²) in [6.45, 7) is 2.40. The number of aryl methyl sites for hydroxylation is 1. The zero-order valence-electron chi connectivity index (χ0n) is 15.2. The molecule has 0 bridgehead atoms. The minimum Gasteiger partial charge on any atom is -0.465 e. The number of carbonyl (C=O) groups excluding carboxylic acids is 1. The van der Waals surface area contributed by atoms with E-state index in [4.69, 9.17) is 11.6 Å². The van der Waals surface area contributed by atoms with Gasteiger partial charge in [-0.25, -0.2) is 14.2 Å². The minimum atomic E-state index is -1.26. The summed E-state index contributed by atoms with van der Waals surface area (Å²) in [5.74, 6) is -0.463. The largest absolute Gasteiger partial charge is 0.465 e. The van der Waals surface area contributed by atoms with Crippen LogP contribution >= 0.6 is 22.9 Å². The number of aromatic nitrogens is 3. The van der Waals surface area contributed by atoms with Crippen LogP contribution in [-0.4, -0.2) is 46.9 Å². The molecule has 10 heteroatoms. The maximum Gasteiger partial charge on any atom is 0.349 e. The van der Waals surface area contributed by atoms with Crippen molar-refractivity contribution < 1.29 is 13.9 Å². The number of nitrogens with one attached hydrogen (secondary N) is 1. The number of anilines is 1. The number of nitrogens with zero attached hydrogens (tertiary/aromatic N) is 3. The van der Waals surface area contributed by atoms with Gasteiger partial charge in [0.05, 0.1) is 30.9 Å². The first-order chi connectivity index (χ1) is 13.4. The lowest BCUT2D eigenvalue weighted by Crippen LogP contribution is -2.45. The maximum atomic E-state index is 15.0. The molecule has 4 heterocycles. The molecule has 0 unspecified atom stereocenters. The third-order valence-electron chi connectivity index (χ3n) is 5.01. The summed E-state index contributed by atoms with van der Waals surface area (Å²) in [7, 11) is 1.30. The van der Waals surface area contributed by atoms with Gasteiger partial charge in [-0.2, -0.15) is 0 Å². The average Bonchev–Trinajstić information content (AvgIpc) is 3.29. The second-order valence-corrected chi connectivity index (χ2v) is 8.08. The number of rotatable bonds is 3. The number of esters is 1. The third-order valence-corrected chi connectivity index (χ3v) is 6.54. The molecule has 0 radical (unpaired) electrons. The highest BCUT2D eigenvalue weighted by atomic mass is 35.5. The van der Waals surface area contributed by atoms with Gasteiger partial charge >= 0.3 is 5.97 Å². The van der Waals surface area contributed by atoms with Crippen molar-refractivity contribution in [3.05, 3.63) is 44.4 Å². The maximum absolute atomic E-state index is 15.0. The van der Waals surface area contributed by atoms with Crippen LogP contribution in [0.5, 0.6) is 0 Å². The van der Waals surface area contributed by atoms with Crippen LogP contribution in [0.2, 0.25) is 5.02 Å². The number of pyridine rings is 1. The Morgan fingerprint density at radius 2 is 2.29 bits per heavy atom. The van der Waals surface area contributed by atoms with E-state index in [9.17, 15) is 9.59 Å². The van der Waals surface area contributed by atoms with Gasteiger partial charge in [-0.15, -0.1) is 0 Å². The van der Waals surface area contributed by atoms with Gasteiger partial charge in [0, 0.05) is 23.8 Å². The van der Waals surface area contributed by atoms with Crippen LogP contribution < -0.4 is 10.5 Å². The predicted octanol–water partition coefficient (Wildman–Crippen LogP) is 3.32. The molecule has 1 N–H and O–H groups in total. The lowest BCUT2D eigenvalue weighted by Gasteiger charge is -2.35. The monoisotopic (exact) mass is 424 g/mol. The first-order valence-electron chi connectivity index (χ1n) is 8.72. The molecule has 1 aliphatic rings. The zero-order valence-corrected chi connectivity index (χ0v) is 16.8. The van der Waals surface area contributed by atoms with Crippen LogP contribution in [0.1, 0.15) is 27.8 Å². The summed E-state index contributed by atoms with van der Waals surface area (Å²) in [6, 6.07) is 1.17. The summed E-state index contributed by atoms with van der Waals surface area (Å²) >= 11 is 7.37. The van der Waals surface area contributed by atoms with Gasteiger partial charge < -0.3 is 19.2 Å². The SMILES string of the molecule is COC(=O)c1cnc(N2CC[C@H](n3ccc4c(Cl)c(C)[nH]c4c3=O)[C@@H](F)C2)s1. The van der Waals surface area contributed by atoms with Gasteiger partial charge in [0.2, 0.25) is 0 Å². The Balaban J connectivity index is 1.57. The first-order valence-corrected chi connectivity index (χ1v) is 9.92. The van der Waals surface area contributed by atoms with Gasteiger partial charge in [-0.05, 0) is 19.4 Å². The third kappa shape index (κ3) is 3.08. The molecule has 0 amide bonds. The average molecular weight is 425 g/mol. The van der Waals surface area contributed by atoms with E-state index >= 15 is 4.39 Å². The Morgan fingerprint density at radius 3 is 3.00 bits per heavy atom. The molecule has 28 heavy (non-hydrogen) atoms. The topological polar surface area (TPSA) is 80.2 Å². The number of H-pyrrole nitrogens is 1. The van der Waals surface area contributed by atoms with Crippen molar-refractivity contribution in [3.8, 4) is 0 Å². The van der Waals surface area contributed by atoms with Crippen molar-refractivity contribution in [2.75, 3.05) is 25.1 Å². The zero-order chi connectivity index (χ0) is 20.0. The van der Waals surface area contributed by atoms with Crippen LogP contribution in [0.15, 0.2) is 23.3 Å². The highest BCUT2D eigenvalue weighted by Crippen LogP contribution is 2.32. The molecule has 1 saturated heterocycles. The number of thiazole rings is 1. The Labute approximate surface area is 168 Å². The summed E-state index contributed by atoms with van der Waals surface area (Å²) in [5.41, 5.74) is 0.821. The molecule has 0 saturated carbocycles. The van der Waals surface area contributed by atoms with Gasteiger partial charge in [-0.1, -0.05) is 22.9 Å². The fourth-order valence-electron chi connectivity index (χ4n) is 3.55. The van der Waals surface area contributed by atoms with Gasteiger partial charge in [0.1, 0.15) is 16.6 Å². The Hall–Kier alpha value is -2.39. The number of alkyl halides is 1. The second kappa shape index (κ2) is 7.21. The Morgan fingerprint density at radius 1 is 1.50 bits per heavy atom. The summed E-state index contributed by atoms with van der Waals surface area (Å²) in [6.07, 6.45) is 2.21. The lowest BCUT2D eigenvalue weighted by molar-refractivity contribution is 0.0606. The van der Waals surface area contributed by atoms with Crippen LogP contribution in [0.4, 0.5) is 9.52 Å². The van der Waals surface area contributed by atoms with Crippen molar-refractivity contribution in [1.82, 2.24) is 14.5 Å². The van der Waals surface area contributed by atoms with E-state index in [2.05, 4.69) is 14.7 Å². The molecule has 1 fully saturated rings. The number of carbonyl (C=O) groups is 1. The van der Waals surface area contributed by atoms with Crippen LogP contribution in [0.3, 0.4) is 0 Å². The second-order valence-electron chi connectivity index (χ2n) is 6.70. The number of fused-ring (bicyclic) bond motifs is 1. The fourth-order valence-corrected chi connectivity index (χ4v) is 4.62. The van der Waals surface area contributed by atoms with E-state index in [0.29, 0.717) is 44.6 Å². The molecule has 148 valence electrons. The van der Waals surface area contributed by atoms with E-state index < -0.39 is 18.2 Å². The van der Waals surface area contributed by atoms with Crippen molar-refractivity contribution >= 4 is 44.9 Å². The number of methoxy groups -OCH3 is 1. The number of ether oxygens (including phenoxy) is 1. The minimum absolute atomic E-state index is 0.0911. The number of piperidine rings is 1. The molecule has 3 aromatic rings. The van der Waals surface area contributed by atoms with Crippen molar-refractivity contribution in [2.24, 2.45) is 0 Å². The van der Waals surface area contributed by atoms with Crippen LogP contribution in [-0.2, 0) is 4.74 Å². The Bertz CT molecular complexity index is 1110. The predicted molar refractivity (Wildman–Crippen MR) is 107 cm³/mol. The first kappa shape index (κ1) is 18.9. The van der Waals surface area contributed by atoms with Gasteiger partial charge in [0.25, 0.3) is 5.56 Å². The quantitative estimate of drug-likeness (QED) is 0.652. The summed E-state index contributed by atoms with van der Waals surface area (Å²) in [4.78, 5) is 33.8. The molecule has 7 nitrogen and oxygen atoms in total. The summed E-state index contributed by atoms with van der Waals surface area (Å²) in [5, 5.41) is 1.72. The fraction of sp³-hybridized carbons (Fsp3) is 0.389. The molecule has 2 atom stereocenters. The Kier molecular flexibility index (Phi) is 4.88. The number of hydrogen-bond acceptors (Lipinski definition) is 6. The van der Waals surface area contributed by atoms with E-state index in [-0.39, 0.29) is 12.1 Å². The standard InChI is InChI=1S/C18H18ClFN4O3S/c1-9-14(19)10-3-6-24(16(25)15(10)22-9)12-4-5-23(8-11(12)20)18-21-7-13(28-18)17(26)27-2/h3,6-7,11-12,22H,4-5,8H2,1-2H3/t11-,12-/m0/s1. The van der Waals surface area contributed by atoms with Crippen molar-refractivity contribution in [1.29, 1.82) is 0 Å². The molecule has 3 aromatic heterocycles. The van der Waals surface area contributed by atoms with Crippen molar-refractivity contribution in [3.63, 3.8) is 0 Å². The van der Waals surface area contributed by atoms with E-state index in [0.717, 1.165) is 0 Å². The highest BCUT2D eigenvalue weighted by Gasteiger charge is 2.33. The van der Waals surface area contributed by atoms with E-state index in [1.807, 2.05) is 0 Å². The van der Waals surface area contributed by atoms with E-state index in [1.165, 1.54) is 29.2 Å². The number of halogens is 2. The number of aromatic amines is 1. The van der Waals surface area contributed by atoms with Crippen LogP contribution in [0.25, 0.3) is 10.9 Å². The highest BCUT2D eigenvalue weighted by molar-refractivity contribution is 7.17. The molecule has 1 aliphatic heterocycles. The molecule has 0 spiro atoms. The molecule has 0 aromatic carbocycles. The lowest BCUT2D eigenvalue weighted by atomic mass is 10.0. The van der Waals surface area contributed by atoms with Crippen LogP contribution in [0, 0.1) is 6.92 Å². The molecular formula is C18H18ClFN4O3S. The smallest absolute Gasteiger partial charge is 0.349 e. The van der Waals surface area contributed by atoms with E-state index in [1.54, 1.807) is 24.1 Å². The van der Waals surface area contributed by atoms with Gasteiger partial charge in [-0.3, -0.25) is 4.79 Å². The normalized spacial score (nSPS) is 19.9. The van der Waals surface area contributed by atoms with Crippen molar-refractivity contribution in [2.45, 2.75) is 25.6 Å². The molecule has 0 aliphatic carbocycles.